The molecule has 0 aliphatic carbocycles. The Bertz CT molecular complexity index is 988. The van der Waals surface area contributed by atoms with Gasteiger partial charge in [0.15, 0.2) is 0 Å². The van der Waals surface area contributed by atoms with E-state index in [2.05, 4.69) is 15.3 Å². The van der Waals surface area contributed by atoms with Crippen LogP contribution in [-0.2, 0) is 0 Å². The van der Waals surface area contributed by atoms with Crippen LogP contribution in [0.3, 0.4) is 0 Å². The Labute approximate surface area is 126 Å². The van der Waals surface area contributed by atoms with Crippen LogP contribution in [0.5, 0.6) is 0 Å². The van der Waals surface area contributed by atoms with E-state index < -0.39 is 0 Å². The van der Waals surface area contributed by atoms with Gasteiger partial charge in [-0.3, -0.25) is 9.78 Å². The molecular formula is C18H13N3O. The summed E-state index contributed by atoms with van der Waals surface area (Å²) in [4.78, 5) is 19.9. The topological polar surface area (TPSA) is 57.8 Å². The number of carbonyl (C=O) groups is 1. The van der Waals surface area contributed by atoms with Gasteiger partial charge in [-0.1, -0.05) is 12.1 Å². The average Bonchev–Trinajstić information content (AvgIpc) is 3.03. The van der Waals surface area contributed by atoms with Gasteiger partial charge in [0.05, 0.1) is 5.52 Å². The highest BCUT2D eigenvalue weighted by Crippen LogP contribution is 2.21. The highest BCUT2D eigenvalue weighted by molar-refractivity contribution is 6.12. The zero-order valence-electron chi connectivity index (χ0n) is 11.7. The highest BCUT2D eigenvalue weighted by atomic mass is 16.1. The maximum Gasteiger partial charge on any atom is 0.256 e. The number of hydrogen-bond donors (Lipinski definition) is 2. The van der Waals surface area contributed by atoms with Crippen molar-refractivity contribution in [3.8, 4) is 0 Å². The molecule has 0 aliphatic rings. The molecular weight excluding hydrogens is 274 g/mol. The molecule has 2 N–H and O–H groups in total. The number of hydrogen-bond acceptors (Lipinski definition) is 2. The maximum absolute atomic E-state index is 12.5. The first-order valence-corrected chi connectivity index (χ1v) is 7.03. The first-order valence-electron chi connectivity index (χ1n) is 7.03. The molecule has 0 saturated carbocycles. The third-order valence-corrected chi connectivity index (χ3v) is 3.70. The lowest BCUT2D eigenvalue weighted by molar-refractivity contribution is 0.102. The van der Waals surface area contributed by atoms with Crippen LogP contribution in [0.15, 0.2) is 67.0 Å². The molecule has 4 aromatic rings. The summed E-state index contributed by atoms with van der Waals surface area (Å²) in [6.45, 7) is 0. The largest absolute Gasteiger partial charge is 0.361 e. The fraction of sp³-hybridized carbons (Fsp3) is 0. The number of amides is 1. The van der Waals surface area contributed by atoms with Crippen molar-refractivity contribution in [2.75, 3.05) is 5.32 Å². The molecule has 0 unspecified atom stereocenters. The van der Waals surface area contributed by atoms with Crippen molar-refractivity contribution in [2.24, 2.45) is 0 Å². The molecule has 4 heteroatoms. The van der Waals surface area contributed by atoms with Crippen molar-refractivity contribution in [3.05, 3.63) is 72.6 Å². The van der Waals surface area contributed by atoms with Crippen LogP contribution in [0.4, 0.5) is 5.69 Å². The predicted octanol–water partition coefficient (Wildman–Crippen LogP) is 3.97. The van der Waals surface area contributed by atoms with Crippen LogP contribution in [0, 0.1) is 0 Å². The van der Waals surface area contributed by atoms with Gasteiger partial charge in [-0.25, -0.2) is 0 Å². The number of pyridine rings is 1. The summed E-state index contributed by atoms with van der Waals surface area (Å²) in [5, 5.41) is 4.87. The van der Waals surface area contributed by atoms with Gasteiger partial charge >= 0.3 is 0 Å². The molecule has 0 radical (unpaired) electrons. The number of nitrogens with one attached hydrogen (secondary N) is 2. The molecule has 2 heterocycles. The van der Waals surface area contributed by atoms with Crippen molar-refractivity contribution in [3.63, 3.8) is 0 Å². The summed E-state index contributed by atoms with van der Waals surface area (Å²) in [6.07, 6.45) is 3.59. The summed E-state index contributed by atoms with van der Waals surface area (Å²) in [5.74, 6) is -0.117. The van der Waals surface area contributed by atoms with Crippen LogP contribution in [-0.4, -0.2) is 15.9 Å². The Kier molecular flexibility index (Phi) is 2.86. The molecule has 0 spiro atoms. The fourth-order valence-electron chi connectivity index (χ4n) is 2.64. The van der Waals surface area contributed by atoms with E-state index in [0.717, 1.165) is 27.5 Å². The normalized spacial score (nSPS) is 10.9. The quantitative estimate of drug-likeness (QED) is 0.586. The number of benzene rings is 2. The van der Waals surface area contributed by atoms with Crippen LogP contribution in [0.1, 0.15) is 10.4 Å². The monoisotopic (exact) mass is 287 g/mol. The Balaban J connectivity index is 1.69. The van der Waals surface area contributed by atoms with Crippen LogP contribution >= 0.6 is 0 Å². The summed E-state index contributed by atoms with van der Waals surface area (Å²) < 4.78 is 0. The lowest BCUT2D eigenvalue weighted by Crippen LogP contribution is -2.12. The number of carbonyl (C=O) groups excluding carboxylic acids is 1. The SMILES string of the molecule is O=C(Nc1ccc2ncccc2c1)c1cccc2[nH]ccc12. The van der Waals surface area contributed by atoms with Gasteiger partial charge in [0.1, 0.15) is 0 Å². The van der Waals surface area contributed by atoms with Crippen LogP contribution in [0.2, 0.25) is 0 Å². The number of aromatic amines is 1. The first kappa shape index (κ1) is 12.6. The lowest BCUT2D eigenvalue weighted by atomic mass is 10.1. The fourth-order valence-corrected chi connectivity index (χ4v) is 2.64. The number of fused-ring (bicyclic) bond motifs is 2. The molecule has 1 amide bonds. The Morgan fingerprint density at radius 3 is 2.95 bits per heavy atom. The van der Waals surface area contributed by atoms with E-state index in [4.69, 9.17) is 0 Å². The van der Waals surface area contributed by atoms with E-state index in [0.29, 0.717) is 5.56 Å². The number of rotatable bonds is 2. The third kappa shape index (κ3) is 2.11. The van der Waals surface area contributed by atoms with Crippen LogP contribution in [0.25, 0.3) is 21.8 Å². The summed E-state index contributed by atoms with van der Waals surface area (Å²) >= 11 is 0. The lowest BCUT2D eigenvalue weighted by Gasteiger charge is -2.07. The minimum atomic E-state index is -0.117. The molecule has 0 bridgehead atoms. The van der Waals surface area contributed by atoms with Gasteiger partial charge in [0.25, 0.3) is 5.91 Å². The van der Waals surface area contributed by atoms with E-state index in [-0.39, 0.29) is 5.91 Å². The number of anilines is 1. The average molecular weight is 287 g/mol. The number of aromatic nitrogens is 2. The van der Waals surface area contributed by atoms with E-state index in [1.165, 1.54) is 0 Å². The minimum Gasteiger partial charge on any atom is -0.361 e. The van der Waals surface area contributed by atoms with E-state index in [9.17, 15) is 4.79 Å². The molecule has 4 nitrogen and oxygen atoms in total. The second-order valence-corrected chi connectivity index (χ2v) is 5.11. The van der Waals surface area contributed by atoms with Crippen molar-refractivity contribution in [1.29, 1.82) is 0 Å². The standard InChI is InChI=1S/C18H13N3O/c22-18(15-4-1-5-17-14(15)8-10-20-17)21-13-6-7-16-12(11-13)3-2-9-19-16/h1-11,20H,(H,21,22). The molecule has 2 aromatic carbocycles. The highest BCUT2D eigenvalue weighted by Gasteiger charge is 2.10. The molecule has 0 aliphatic heterocycles. The zero-order chi connectivity index (χ0) is 14.9. The van der Waals surface area contributed by atoms with Crippen molar-refractivity contribution in [2.45, 2.75) is 0 Å². The van der Waals surface area contributed by atoms with Gasteiger partial charge in [-0.2, -0.15) is 0 Å². The number of nitrogens with zero attached hydrogens (tertiary/aromatic N) is 1. The van der Waals surface area contributed by atoms with Gasteiger partial charge < -0.3 is 10.3 Å². The third-order valence-electron chi connectivity index (χ3n) is 3.70. The van der Waals surface area contributed by atoms with Gasteiger partial charge in [-0.15, -0.1) is 0 Å². The molecule has 0 fully saturated rings. The van der Waals surface area contributed by atoms with Gasteiger partial charge in [0, 0.05) is 39.9 Å². The second kappa shape index (κ2) is 5.00. The summed E-state index contributed by atoms with van der Waals surface area (Å²) in [7, 11) is 0. The van der Waals surface area contributed by atoms with E-state index >= 15 is 0 Å². The molecule has 4 rings (SSSR count). The molecule has 2 aromatic heterocycles. The second-order valence-electron chi connectivity index (χ2n) is 5.11. The zero-order valence-corrected chi connectivity index (χ0v) is 11.7. The van der Waals surface area contributed by atoms with Gasteiger partial charge in [0.2, 0.25) is 0 Å². The molecule has 22 heavy (non-hydrogen) atoms. The van der Waals surface area contributed by atoms with Crippen molar-refractivity contribution < 1.29 is 4.79 Å². The first-order chi connectivity index (χ1) is 10.8. The molecule has 0 atom stereocenters. The Morgan fingerprint density at radius 1 is 1.05 bits per heavy atom. The van der Waals surface area contributed by atoms with Crippen LogP contribution < -0.4 is 5.32 Å². The minimum absolute atomic E-state index is 0.117. The molecule has 106 valence electrons. The van der Waals surface area contributed by atoms with Gasteiger partial charge in [-0.05, 0) is 42.5 Å². The summed E-state index contributed by atoms with van der Waals surface area (Å²) in [5.41, 5.74) is 3.28. The Morgan fingerprint density at radius 2 is 2.00 bits per heavy atom. The number of H-pyrrole nitrogens is 1. The van der Waals surface area contributed by atoms with E-state index in [1.807, 2.05) is 60.8 Å². The van der Waals surface area contributed by atoms with E-state index in [1.54, 1.807) is 6.20 Å². The Hall–Kier alpha value is -3.14. The maximum atomic E-state index is 12.5. The smallest absolute Gasteiger partial charge is 0.256 e. The predicted molar refractivity (Wildman–Crippen MR) is 88.0 cm³/mol. The van der Waals surface area contributed by atoms with Crippen molar-refractivity contribution in [1.82, 2.24) is 9.97 Å². The molecule has 0 saturated heterocycles. The van der Waals surface area contributed by atoms with Crippen molar-refractivity contribution >= 4 is 33.4 Å². The summed E-state index contributed by atoms with van der Waals surface area (Å²) in [6, 6.07) is 17.1.